The Bertz CT molecular complexity index is 856. The summed E-state index contributed by atoms with van der Waals surface area (Å²) in [5.74, 6) is 0.772. The topological polar surface area (TPSA) is 59.6 Å². The van der Waals surface area contributed by atoms with E-state index in [2.05, 4.69) is 10.6 Å². The first-order valence-electron chi connectivity index (χ1n) is 9.46. The first kappa shape index (κ1) is 19.0. The fraction of sp³-hybridized carbons (Fsp3) is 0.381. The van der Waals surface area contributed by atoms with Gasteiger partial charge in [0.05, 0.1) is 0 Å². The van der Waals surface area contributed by atoms with Crippen LogP contribution in [0.1, 0.15) is 35.2 Å². The van der Waals surface area contributed by atoms with Gasteiger partial charge in [0.15, 0.2) is 11.5 Å². The maximum absolute atomic E-state index is 13.4. The molecule has 2 aromatic rings. The van der Waals surface area contributed by atoms with Gasteiger partial charge < -0.3 is 20.1 Å². The molecule has 1 aliphatic heterocycles. The Morgan fingerprint density at radius 3 is 2.68 bits per heavy atom. The van der Waals surface area contributed by atoms with Crippen molar-refractivity contribution in [3.8, 4) is 11.5 Å². The monoisotopic (exact) mass is 404 g/mol. The van der Waals surface area contributed by atoms with E-state index in [4.69, 9.17) is 21.1 Å². The smallest absolute Gasteiger partial charge is 0.251 e. The van der Waals surface area contributed by atoms with Gasteiger partial charge in [0.1, 0.15) is 19.0 Å². The summed E-state index contributed by atoms with van der Waals surface area (Å²) in [7, 11) is 0. The Kier molecular flexibility index (Phi) is 5.69. The molecule has 1 fully saturated rings. The number of benzene rings is 2. The minimum absolute atomic E-state index is 0.0623. The van der Waals surface area contributed by atoms with Crippen LogP contribution < -0.4 is 20.1 Å². The molecule has 7 heteroatoms. The molecule has 0 spiro atoms. The van der Waals surface area contributed by atoms with Crippen molar-refractivity contribution in [3.05, 3.63) is 58.4 Å². The Morgan fingerprint density at radius 2 is 1.86 bits per heavy atom. The van der Waals surface area contributed by atoms with Crippen LogP contribution in [-0.4, -0.2) is 31.2 Å². The molecule has 5 nitrogen and oxygen atoms in total. The Balaban J connectivity index is 1.28. The van der Waals surface area contributed by atoms with Crippen LogP contribution in [0.25, 0.3) is 0 Å². The predicted molar refractivity (Wildman–Crippen MR) is 105 cm³/mol. The molecule has 0 aromatic heterocycles. The highest BCUT2D eigenvalue weighted by molar-refractivity contribution is 6.31. The first-order chi connectivity index (χ1) is 13.6. The van der Waals surface area contributed by atoms with Crippen molar-refractivity contribution in [1.82, 2.24) is 10.6 Å². The largest absolute Gasteiger partial charge is 0.486 e. The molecule has 1 aliphatic carbocycles. The number of amides is 1. The molecule has 0 unspecified atom stereocenters. The summed E-state index contributed by atoms with van der Waals surface area (Å²) in [4.78, 5) is 12.3. The summed E-state index contributed by atoms with van der Waals surface area (Å²) >= 11 is 5.83. The van der Waals surface area contributed by atoms with E-state index >= 15 is 0 Å². The summed E-state index contributed by atoms with van der Waals surface area (Å²) in [5, 5.41) is 6.73. The zero-order chi connectivity index (χ0) is 19.5. The number of nitrogens with one attached hydrogen (secondary N) is 2. The second kappa shape index (κ2) is 8.37. The second-order valence-electron chi connectivity index (χ2n) is 7.20. The molecule has 2 aromatic carbocycles. The molecule has 2 aliphatic rings. The molecular formula is C21H22ClFN2O3. The van der Waals surface area contributed by atoms with Crippen molar-refractivity contribution >= 4 is 17.5 Å². The summed E-state index contributed by atoms with van der Waals surface area (Å²) in [5.41, 5.74) is 1.38. The minimum Gasteiger partial charge on any atom is -0.486 e. The van der Waals surface area contributed by atoms with Crippen LogP contribution in [0.4, 0.5) is 4.39 Å². The second-order valence-corrected chi connectivity index (χ2v) is 7.63. The van der Waals surface area contributed by atoms with E-state index in [1.807, 2.05) is 18.2 Å². The molecule has 1 heterocycles. The van der Waals surface area contributed by atoms with Crippen LogP contribution in [0.2, 0.25) is 5.02 Å². The number of rotatable bonds is 5. The molecule has 2 atom stereocenters. The molecule has 1 amide bonds. The van der Waals surface area contributed by atoms with Crippen LogP contribution in [0.15, 0.2) is 36.4 Å². The van der Waals surface area contributed by atoms with Gasteiger partial charge in [-0.1, -0.05) is 17.7 Å². The predicted octanol–water partition coefficient (Wildman–Crippen LogP) is 3.69. The number of carbonyl (C=O) groups is 1. The average Bonchev–Trinajstić information content (AvgIpc) is 3.13. The lowest BCUT2D eigenvalue weighted by Crippen LogP contribution is -2.35. The van der Waals surface area contributed by atoms with E-state index in [-0.39, 0.29) is 22.5 Å². The maximum Gasteiger partial charge on any atom is 0.251 e. The number of halogens is 2. The highest BCUT2D eigenvalue weighted by Gasteiger charge is 2.26. The highest BCUT2D eigenvalue weighted by Crippen LogP contribution is 2.31. The SMILES string of the molecule is O=C(N[C@@H]1CC[C@H](NCc2ccc3c(c2)OCCO3)C1)c1cc(F)cc(Cl)c1. The lowest BCUT2D eigenvalue weighted by molar-refractivity contribution is 0.0937. The van der Waals surface area contributed by atoms with E-state index in [0.29, 0.717) is 19.3 Å². The molecule has 148 valence electrons. The number of carbonyl (C=O) groups excluding carboxylic acids is 1. The van der Waals surface area contributed by atoms with Crippen molar-refractivity contribution < 1.29 is 18.7 Å². The van der Waals surface area contributed by atoms with Crippen molar-refractivity contribution in [2.75, 3.05) is 13.2 Å². The van der Waals surface area contributed by atoms with E-state index in [0.717, 1.165) is 42.9 Å². The van der Waals surface area contributed by atoms with Gasteiger partial charge in [-0.15, -0.1) is 0 Å². The molecule has 4 rings (SSSR count). The standard InChI is InChI=1S/C21H22ClFN2O3/c22-15-8-14(9-16(23)10-15)21(26)25-18-3-2-17(11-18)24-12-13-1-4-19-20(7-13)28-6-5-27-19/h1,4,7-10,17-18,24H,2-3,5-6,11-12H2,(H,25,26)/t17-,18+/m0/s1. The number of hydrogen-bond donors (Lipinski definition) is 2. The van der Waals surface area contributed by atoms with Crippen LogP contribution in [0.5, 0.6) is 11.5 Å². The number of fused-ring (bicyclic) bond motifs is 1. The lowest BCUT2D eigenvalue weighted by Gasteiger charge is -2.19. The third-order valence-electron chi connectivity index (χ3n) is 5.09. The molecule has 0 bridgehead atoms. The zero-order valence-electron chi connectivity index (χ0n) is 15.3. The number of hydrogen-bond acceptors (Lipinski definition) is 4. The van der Waals surface area contributed by atoms with Crippen LogP contribution in [0.3, 0.4) is 0 Å². The maximum atomic E-state index is 13.4. The van der Waals surface area contributed by atoms with Gasteiger partial charge in [-0.2, -0.15) is 0 Å². The zero-order valence-corrected chi connectivity index (χ0v) is 16.1. The van der Waals surface area contributed by atoms with Crippen molar-refractivity contribution in [3.63, 3.8) is 0 Å². The van der Waals surface area contributed by atoms with Gasteiger partial charge in [-0.25, -0.2) is 4.39 Å². The van der Waals surface area contributed by atoms with Gasteiger partial charge >= 0.3 is 0 Å². The lowest BCUT2D eigenvalue weighted by atomic mass is 10.1. The van der Waals surface area contributed by atoms with E-state index in [9.17, 15) is 9.18 Å². The van der Waals surface area contributed by atoms with Gasteiger partial charge in [0.25, 0.3) is 5.91 Å². The number of ether oxygens (including phenoxy) is 2. The van der Waals surface area contributed by atoms with Crippen molar-refractivity contribution in [2.24, 2.45) is 0 Å². The summed E-state index contributed by atoms with van der Waals surface area (Å²) in [6.45, 7) is 1.88. The molecule has 28 heavy (non-hydrogen) atoms. The summed E-state index contributed by atoms with van der Waals surface area (Å²) < 4.78 is 24.6. The summed E-state index contributed by atoms with van der Waals surface area (Å²) in [6, 6.07) is 10.2. The van der Waals surface area contributed by atoms with Crippen LogP contribution in [0, 0.1) is 5.82 Å². The van der Waals surface area contributed by atoms with E-state index in [1.165, 1.54) is 18.2 Å². The van der Waals surface area contributed by atoms with Gasteiger partial charge in [0, 0.05) is 29.2 Å². The molecular weight excluding hydrogens is 383 g/mol. The van der Waals surface area contributed by atoms with Gasteiger partial charge in [-0.05, 0) is 55.2 Å². The normalized spacial score (nSPS) is 20.8. The molecule has 1 saturated carbocycles. The van der Waals surface area contributed by atoms with Gasteiger partial charge in [0.2, 0.25) is 0 Å². The average molecular weight is 405 g/mol. The van der Waals surface area contributed by atoms with Crippen LogP contribution in [-0.2, 0) is 6.54 Å². The van der Waals surface area contributed by atoms with Gasteiger partial charge in [-0.3, -0.25) is 4.79 Å². The van der Waals surface area contributed by atoms with Crippen molar-refractivity contribution in [1.29, 1.82) is 0 Å². The molecule has 0 saturated heterocycles. The van der Waals surface area contributed by atoms with E-state index < -0.39 is 5.82 Å². The highest BCUT2D eigenvalue weighted by atomic mass is 35.5. The fourth-order valence-corrected chi connectivity index (χ4v) is 3.93. The van der Waals surface area contributed by atoms with Crippen LogP contribution >= 0.6 is 11.6 Å². The Morgan fingerprint density at radius 1 is 1.07 bits per heavy atom. The third-order valence-corrected chi connectivity index (χ3v) is 5.31. The Hall–Kier alpha value is -2.31. The fourth-order valence-electron chi connectivity index (χ4n) is 3.71. The first-order valence-corrected chi connectivity index (χ1v) is 9.83. The third kappa shape index (κ3) is 4.56. The minimum atomic E-state index is -0.511. The quantitative estimate of drug-likeness (QED) is 0.798. The molecule has 0 radical (unpaired) electrons. The van der Waals surface area contributed by atoms with E-state index in [1.54, 1.807) is 0 Å². The summed E-state index contributed by atoms with van der Waals surface area (Å²) in [6.07, 6.45) is 2.69. The molecule has 2 N–H and O–H groups in total. The Labute approximate surface area is 168 Å². The van der Waals surface area contributed by atoms with Crippen molar-refractivity contribution in [2.45, 2.75) is 37.9 Å².